The van der Waals surface area contributed by atoms with E-state index in [0.717, 1.165) is 29.8 Å². The van der Waals surface area contributed by atoms with Crippen molar-refractivity contribution in [2.24, 2.45) is 0 Å². The van der Waals surface area contributed by atoms with E-state index in [4.69, 9.17) is 5.11 Å². The summed E-state index contributed by atoms with van der Waals surface area (Å²) in [6, 6.07) is 5.92. The highest BCUT2D eigenvalue weighted by Gasteiger charge is 2.21. The van der Waals surface area contributed by atoms with Gasteiger partial charge in [-0.1, -0.05) is 17.9 Å². The summed E-state index contributed by atoms with van der Waals surface area (Å²) in [5, 5.41) is 8.72. The van der Waals surface area contributed by atoms with Crippen molar-refractivity contribution in [2.75, 3.05) is 18.1 Å². The van der Waals surface area contributed by atoms with E-state index >= 15 is 0 Å². The SMILES string of the molecule is Cc1ccc(N2CCCC2=O)cc1C#CCCO. The smallest absolute Gasteiger partial charge is 0.227 e. The Morgan fingerprint density at radius 3 is 2.94 bits per heavy atom. The van der Waals surface area contributed by atoms with E-state index in [9.17, 15) is 4.79 Å². The van der Waals surface area contributed by atoms with Gasteiger partial charge in [0.15, 0.2) is 0 Å². The van der Waals surface area contributed by atoms with Gasteiger partial charge in [-0.3, -0.25) is 4.79 Å². The Morgan fingerprint density at radius 1 is 1.44 bits per heavy atom. The Labute approximate surface area is 107 Å². The van der Waals surface area contributed by atoms with Crippen LogP contribution >= 0.6 is 0 Å². The zero-order chi connectivity index (χ0) is 13.0. The van der Waals surface area contributed by atoms with Gasteiger partial charge in [0.05, 0.1) is 6.61 Å². The van der Waals surface area contributed by atoms with Gasteiger partial charge in [-0.05, 0) is 31.0 Å². The number of aryl methyl sites for hydroxylation is 1. The van der Waals surface area contributed by atoms with Gasteiger partial charge < -0.3 is 10.0 Å². The molecule has 0 aliphatic carbocycles. The van der Waals surface area contributed by atoms with Gasteiger partial charge >= 0.3 is 0 Å². The van der Waals surface area contributed by atoms with Crippen LogP contribution in [0, 0.1) is 18.8 Å². The number of anilines is 1. The molecule has 0 aromatic heterocycles. The summed E-state index contributed by atoms with van der Waals surface area (Å²) in [6.07, 6.45) is 2.05. The Morgan fingerprint density at radius 2 is 2.28 bits per heavy atom. The van der Waals surface area contributed by atoms with Crippen LogP contribution < -0.4 is 4.90 Å². The third-order valence-electron chi connectivity index (χ3n) is 3.07. The molecule has 2 rings (SSSR count). The van der Waals surface area contributed by atoms with Crippen molar-refractivity contribution < 1.29 is 9.90 Å². The zero-order valence-corrected chi connectivity index (χ0v) is 10.6. The summed E-state index contributed by atoms with van der Waals surface area (Å²) in [6.45, 7) is 2.88. The number of hydrogen-bond donors (Lipinski definition) is 1. The van der Waals surface area contributed by atoms with E-state index in [2.05, 4.69) is 11.8 Å². The lowest BCUT2D eigenvalue weighted by Crippen LogP contribution is -2.23. The summed E-state index contributed by atoms with van der Waals surface area (Å²) in [4.78, 5) is 13.5. The molecule has 0 saturated carbocycles. The van der Waals surface area contributed by atoms with Crippen LogP contribution in [0.3, 0.4) is 0 Å². The van der Waals surface area contributed by atoms with Gasteiger partial charge in [0, 0.05) is 30.6 Å². The van der Waals surface area contributed by atoms with E-state index in [1.807, 2.05) is 30.0 Å². The summed E-state index contributed by atoms with van der Waals surface area (Å²) in [7, 11) is 0. The first kappa shape index (κ1) is 12.7. The molecule has 0 spiro atoms. The fourth-order valence-electron chi connectivity index (χ4n) is 2.05. The minimum absolute atomic E-state index is 0.0797. The predicted molar refractivity (Wildman–Crippen MR) is 71.3 cm³/mol. The predicted octanol–water partition coefficient (Wildman–Crippen LogP) is 1.86. The van der Waals surface area contributed by atoms with Gasteiger partial charge in [-0.25, -0.2) is 0 Å². The van der Waals surface area contributed by atoms with Crippen LogP contribution in [0.5, 0.6) is 0 Å². The molecule has 1 aromatic carbocycles. The second-order valence-electron chi connectivity index (χ2n) is 4.42. The zero-order valence-electron chi connectivity index (χ0n) is 10.6. The molecule has 3 heteroatoms. The highest BCUT2D eigenvalue weighted by Crippen LogP contribution is 2.23. The Bertz CT molecular complexity index is 511. The van der Waals surface area contributed by atoms with Crippen molar-refractivity contribution in [1.82, 2.24) is 0 Å². The minimum Gasteiger partial charge on any atom is -0.395 e. The molecule has 3 nitrogen and oxygen atoms in total. The van der Waals surface area contributed by atoms with Crippen molar-refractivity contribution in [2.45, 2.75) is 26.2 Å². The number of carbonyl (C=O) groups is 1. The topological polar surface area (TPSA) is 40.5 Å². The van der Waals surface area contributed by atoms with Gasteiger partial charge in [0.1, 0.15) is 0 Å². The Balaban J connectivity index is 2.26. The standard InChI is InChI=1S/C15H17NO2/c1-12-7-8-14(16-9-4-6-15(16)18)11-13(12)5-2-3-10-17/h7-8,11,17H,3-4,6,9-10H2,1H3. The van der Waals surface area contributed by atoms with Crippen molar-refractivity contribution in [3.8, 4) is 11.8 Å². The molecule has 1 fully saturated rings. The van der Waals surface area contributed by atoms with Crippen LogP contribution in [-0.4, -0.2) is 24.2 Å². The van der Waals surface area contributed by atoms with Gasteiger partial charge in [-0.15, -0.1) is 0 Å². The summed E-state index contributed by atoms with van der Waals surface area (Å²) in [5.41, 5.74) is 2.95. The molecular formula is C15H17NO2. The molecule has 1 aliphatic rings. The lowest BCUT2D eigenvalue weighted by molar-refractivity contribution is -0.117. The van der Waals surface area contributed by atoms with E-state index in [0.29, 0.717) is 12.8 Å². The van der Waals surface area contributed by atoms with Gasteiger partial charge in [0.2, 0.25) is 5.91 Å². The molecular weight excluding hydrogens is 226 g/mol. The van der Waals surface area contributed by atoms with E-state index < -0.39 is 0 Å². The molecule has 0 radical (unpaired) electrons. The molecule has 0 bridgehead atoms. The first-order chi connectivity index (χ1) is 8.72. The van der Waals surface area contributed by atoms with Crippen molar-refractivity contribution in [3.05, 3.63) is 29.3 Å². The normalized spacial score (nSPS) is 14.6. The molecule has 1 heterocycles. The van der Waals surface area contributed by atoms with Crippen LogP contribution in [0.15, 0.2) is 18.2 Å². The summed E-state index contributed by atoms with van der Waals surface area (Å²) < 4.78 is 0. The fourth-order valence-corrected chi connectivity index (χ4v) is 2.05. The Kier molecular flexibility index (Phi) is 4.01. The van der Waals surface area contributed by atoms with E-state index in [1.165, 1.54) is 0 Å². The van der Waals surface area contributed by atoms with Gasteiger partial charge in [-0.2, -0.15) is 0 Å². The third-order valence-corrected chi connectivity index (χ3v) is 3.07. The molecule has 0 unspecified atom stereocenters. The monoisotopic (exact) mass is 243 g/mol. The molecule has 94 valence electrons. The number of aliphatic hydroxyl groups excluding tert-OH is 1. The molecule has 18 heavy (non-hydrogen) atoms. The largest absolute Gasteiger partial charge is 0.395 e. The minimum atomic E-state index is 0.0797. The third kappa shape index (κ3) is 2.72. The first-order valence-electron chi connectivity index (χ1n) is 6.23. The first-order valence-corrected chi connectivity index (χ1v) is 6.23. The number of carbonyl (C=O) groups excluding carboxylic acids is 1. The fraction of sp³-hybridized carbons (Fsp3) is 0.400. The highest BCUT2D eigenvalue weighted by atomic mass is 16.2. The number of benzene rings is 1. The lowest BCUT2D eigenvalue weighted by atomic mass is 10.1. The number of hydrogen-bond acceptors (Lipinski definition) is 2. The van der Waals surface area contributed by atoms with Crippen molar-refractivity contribution >= 4 is 11.6 Å². The van der Waals surface area contributed by atoms with E-state index in [-0.39, 0.29) is 12.5 Å². The van der Waals surface area contributed by atoms with Crippen LogP contribution in [0.25, 0.3) is 0 Å². The average molecular weight is 243 g/mol. The molecule has 1 aliphatic heterocycles. The molecule has 0 atom stereocenters. The maximum Gasteiger partial charge on any atom is 0.227 e. The summed E-state index contributed by atoms with van der Waals surface area (Å²) >= 11 is 0. The Hall–Kier alpha value is -1.79. The van der Waals surface area contributed by atoms with Crippen LogP contribution in [0.1, 0.15) is 30.4 Å². The van der Waals surface area contributed by atoms with Crippen LogP contribution in [0.2, 0.25) is 0 Å². The van der Waals surface area contributed by atoms with Gasteiger partial charge in [0.25, 0.3) is 0 Å². The second kappa shape index (κ2) is 5.70. The second-order valence-corrected chi connectivity index (χ2v) is 4.42. The number of aliphatic hydroxyl groups is 1. The molecule has 1 aromatic rings. The molecule has 1 N–H and O–H groups in total. The van der Waals surface area contributed by atoms with Crippen LogP contribution in [-0.2, 0) is 4.79 Å². The number of amides is 1. The number of nitrogens with zero attached hydrogens (tertiary/aromatic N) is 1. The highest BCUT2D eigenvalue weighted by molar-refractivity contribution is 5.95. The lowest BCUT2D eigenvalue weighted by Gasteiger charge is -2.16. The maximum atomic E-state index is 11.7. The molecule has 1 amide bonds. The van der Waals surface area contributed by atoms with E-state index in [1.54, 1.807) is 0 Å². The quantitative estimate of drug-likeness (QED) is 0.805. The van der Waals surface area contributed by atoms with Crippen molar-refractivity contribution in [1.29, 1.82) is 0 Å². The molecule has 1 saturated heterocycles. The van der Waals surface area contributed by atoms with Crippen LogP contribution in [0.4, 0.5) is 5.69 Å². The van der Waals surface area contributed by atoms with Crippen molar-refractivity contribution in [3.63, 3.8) is 0 Å². The summed E-state index contributed by atoms with van der Waals surface area (Å²) in [5.74, 6) is 6.15. The average Bonchev–Trinajstić information content (AvgIpc) is 2.78. The maximum absolute atomic E-state index is 11.7. The number of rotatable bonds is 2.